The third-order valence-corrected chi connectivity index (χ3v) is 7.86. The maximum atomic E-state index is 11.8. The highest BCUT2D eigenvalue weighted by molar-refractivity contribution is 6.36. The zero-order valence-electron chi connectivity index (χ0n) is 16.6. The van der Waals surface area contributed by atoms with Gasteiger partial charge in [-0.05, 0) is 73.8 Å². The fraction of sp³-hybridized carbons (Fsp3) is 0.435. The van der Waals surface area contributed by atoms with E-state index in [1.54, 1.807) is 6.07 Å². The molecular weight excluding hydrogens is 441 g/mol. The zero-order chi connectivity index (χ0) is 20.8. The Morgan fingerprint density at radius 2 is 1.77 bits per heavy atom. The molecule has 4 nitrogen and oxygen atoms in total. The number of aryl methyl sites for hydroxylation is 1. The average molecular weight is 463 g/mol. The van der Waals surface area contributed by atoms with Gasteiger partial charge in [0, 0.05) is 22.2 Å². The summed E-state index contributed by atoms with van der Waals surface area (Å²) in [6.45, 7) is 2.70. The Labute approximate surface area is 190 Å². The van der Waals surface area contributed by atoms with Gasteiger partial charge in [0.15, 0.2) is 0 Å². The molecule has 0 saturated heterocycles. The quantitative estimate of drug-likeness (QED) is 0.476. The van der Waals surface area contributed by atoms with E-state index in [1.807, 2.05) is 25.1 Å². The molecule has 30 heavy (non-hydrogen) atoms. The molecule has 156 valence electrons. The van der Waals surface area contributed by atoms with Crippen LogP contribution in [0, 0.1) is 18.8 Å². The van der Waals surface area contributed by atoms with Gasteiger partial charge in [-0.1, -0.05) is 40.9 Å². The lowest BCUT2D eigenvalue weighted by molar-refractivity contribution is -0.00891. The minimum absolute atomic E-state index is 0.0440. The van der Waals surface area contributed by atoms with E-state index in [0.29, 0.717) is 33.4 Å². The van der Waals surface area contributed by atoms with Gasteiger partial charge in [-0.15, -0.1) is 0 Å². The Morgan fingerprint density at radius 3 is 2.40 bits per heavy atom. The van der Waals surface area contributed by atoms with E-state index in [1.165, 1.54) is 0 Å². The van der Waals surface area contributed by atoms with E-state index < -0.39 is 5.60 Å². The maximum Gasteiger partial charge on any atom is 0.204 e. The molecule has 2 aliphatic carbocycles. The van der Waals surface area contributed by atoms with E-state index in [2.05, 4.69) is 9.88 Å². The lowest BCUT2D eigenvalue weighted by Crippen LogP contribution is -2.31. The fourth-order valence-electron chi connectivity index (χ4n) is 5.38. The predicted octanol–water partition coefficient (Wildman–Crippen LogP) is 6.33. The summed E-state index contributed by atoms with van der Waals surface area (Å²) in [7, 11) is 0. The standard InChI is InChI=1S/C23H22Cl3N3O/c1-11-8-14(24)9-17(26)19(11)18-10-27-22-28-20-15(6-7-16(25)21(20)29(18)22)23(30,12-2-3-12)13-4-5-13/h6-9,12-13,18,30H,2-5,10H2,1H3,(H,27,28). The van der Waals surface area contributed by atoms with Gasteiger partial charge in [0.25, 0.3) is 0 Å². The number of benzene rings is 2. The second-order valence-electron chi connectivity index (χ2n) is 8.99. The van der Waals surface area contributed by atoms with Crippen molar-refractivity contribution in [3.8, 4) is 0 Å². The number of aliphatic hydroxyl groups is 1. The molecule has 3 aromatic rings. The first-order valence-corrected chi connectivity index (χ1v) is 11.7. The van der Waals surface area contributed by atoms with Crippen molar-refractivity contribution in [3.63, 3.8) is 0 Å². The van der Waals surface area contributed by atoms with Gasteiger partial charge in [0.1, 0.15) is 0 Å². The summed E-state index contributed by atoms with van der Waals surface area (Å²) >= 11 is 19.6. The van der Waals surface area contributed by atoms with Crippen molar-refractivity contribution in [2.45, 2.75) is 44.2 Å². The topological polar surface area (TPSA) is 50.1 Å². The normalized spacial score (nSPS) is 21.2. The lowest BCUT2D eigenvalue weighted by atomic mass is 9.83. The van der Waals surface area contributed by atoms with Crippen molar-refractivity contribution in [2.75, 3.05) is 11.9 Å². The van der Waals surface area contributed by atoms with Crippen molar-refractivity contribution in [2.24, 2.45) is 11.8 Å². The summed E-state index contributed by atoms with van der Waals surface area (Å²) in [5, 5.41) is 17.1. The van der Waals surface area contributed by atoms with Crippen LogP contribution in [0.1, 0.15) is 48.4 Å². The molecule has 0 amide bonds. The molecule has 6 rings (SSSR count). The van der Waals surface area contributed by atoms with Crippen LogP contribution in [-0.4, -0.2) is 21.2 Å². The zero-order valence-corrected chi connectivity index (χ0v) is 18.8. The highest BCUT2D eigenvalue weighted by atomic mass is 35.5. The Bertz CT molecular complexity index is 1160. The molecule has 1 unspecified atom stereocenters. The molecule has 1 aromatic heterocycles. The van der Waals surface area contributed by atoms with Crippen LogP contribution in [0.25, 0.3) is 11.0 Å². The molecule has 1 aliphatic heterocycles. The van der Waals surface area contributed by atoms with Gasteiger partial charge >= 0.3 is 0 Å². The third-order valence-electron chi connectivity index (χ3n) is 7.02. The summed E-state index contributed by atoms with van der Waals surface area (Å²) in [6.07, 6.45) is 4.30. The van der Waals surface area contributed by atoms with Crippen molar-refractivity contribution in [1.29, 1.82) is 0 Å². The van der Waals surface area contributed by atoms with Gasteiger partial charge in [-0.3, -0.25) is 4.57 Å². The van der Waals surface area contributed by atoms with E-state index >= 15 is 0 Å². The summed E-state index contributed by atoms with van der Waals surface area (Å²) in [4.78, 5) is 4.93. The molecule has 2 heterocycles. The van der Waals surface area contributed by atoms with Gasteiger partial charge in [-0.25, -0.2) is 4.98 Å². The van der Waals surface area contributed by atoms with E-state index in [9.17, 15) is 5.11 Å². The lowest BCUT2D eigenvalue weighted by Gasteiger charge is -2.29. The number of fused-ring (bicyclic) bond motifs is 3. The molecule has 2 fully saturated rings. The van der Waals surface area contributed by atoms with Crippen LogP contribution >= 0.6 is 34.8 Å². The smallest absolute Gasteiger partial charge is 0.204 e. The fourth-order valence-corrected chi connectivity index (χ4v) is 6.34. The Kier molecular flexibility index (Phi) is 4.18. The molecular formula is C23H22Cl3N3O. The Balaban J connectivity index is 1.57. The van der Waals surface area contributed by atoms with Crippen LogP contribution in [-0.2, 0) is 5.60 Å². The minimum Gasteiger partial charge on any atom is -0.385 e. The first-order valence-electron chi connectivity index (χ1n) is 10.5. The molecule has 2 N–H and O–H groups in total. The average Bonchev–Trinajstić information content (AvgIpc) is 3.60. The summed E-state index contributed by atoms with van der Waals surface area (Å²) in [5.41, 5.74) is 3.85. The minimum atomic E-state index is -0.804. The van der Waals surface area contributed by atoms with E-state index in [4.69, 9.17) is 39.8 Å². The molecule has 0 bridgehead atoms. The van der Waals surface area contributed by atoms with Crippen LogP contribution in [0.2, 0.25) is 15.1 Å². The number of hydrogen-bond donors (Lipinski definition) is 2. The van der Waals surface area contributed by atoms with Gasteiger partial charge in [0.05, 0.1) is 27.7 Å². The number of anilines is 1. The molecule has 2 aromatic carbocycles. The third kappa shape index (κ3) is 2.67. The predicted molar refractivity (Wildman–Crippen MR) is 122 cm³/mol. The number of nitrogens with zero attached hydrogens (tertiary/aromatic N) is 2. The largest absolute Gasteiger partial charge is 0.385 e. The molecule has 1 atom stereocenters. The van der Waals surface area contributed by atoms with Crippen molar-refractivity contribution in [3.05, 3.63) is 56.0 Å². The highest BCUT2D eigenvalue weighted by Crippen LogP contribution is 2.59. The number of nitrogens with one attached hydrogen (secondary N) is 1. The first-order chi connectivity index (χ1) is 14.4. The van der Waals surface area contributed by atoms with Gasteiger partial charge in [0.2, 0.25) is 5.95 Å². The SMILES string of the molecule is Cc1cc(Cl)cc(Cl)c1C1CNc2nc3c(C(O)(C4CC4)C4CC4)ccc(Cl)c3n21. The van der Waals surface area contributed by atoms with E-state index in [-0.39, 0.29) is 6.04 Å². The first kappa shape index (κ1) is 19.2. The molecule has 7 heteroatoms. The van der Waals surface area contributed by atoms with E-state index in [0.717, 1.165) is 59.4 Å². The Morgan fingerprint density at radius 1 is 1.07 bits per heavy atom. The Hall–Kier alpha value is -1.46. The molecule has 0 spiro atoms. The monoisotopic (exact) mass is 461 g/mol. The van der Waals surface area contributed by atoms with Gasteiger partial charge < -0.3 is 10.4 Å². The number of imidazole rings is 1. The summed E-state index contributed by atoms with van der Waals surface area (Å²) < 4.78 is 2.14. The van der Waals surface area contributed by atoms with Crippen molar-refractivity contribution in [1.82, 2.24) is 9.55 Å². The van der Waals surface area contributed by atoms with Crippen LogP contribution < -0.4 is 5.32 Å². The molecule has 2 saturated carbocycles. The van der Waals surface area contributed by atoms with Crippen molar-refractivity contribution < 1.29 is 5.11 Å². The number of rotatable bonds is 4. The van der Waals surface area contributed by atoms with Gasteiger partial charge in [-0.2, -0.15) is 0 Å². The van der Waals surface area contributed by atoms with Crippen molar-refractivity contribution >= 4 is 51.8 Å². The van der Waals surface area contributed by atoms with Crippen LogP contribution in [0.15, 0.2) is 24.3 Å². The molecule has 0 radical (unpaired) electrons. The maximum absolute atomic E-state index is 11.8. The van der Waals surface area contributed by atoms with Crippen LogP contribution in [0.3, 0.4) is 0 Å². The van der Waals surface area contributed by atoms with Crippen LogP contribution in [0.4, 0.5) is 5.95 Å². The highest BCUT2D eigenvalue weighted by Gasteiger charge is 2.55. The second kappa shape index (κ2) is 6.52. The number of hydrogen-bond acceptors (Lipinski definition) is 3. The summed E-state index contributed by atoms with van der Waals surface area (Å²) in [5.74, 6) is 1.41. The number of halogens is 3. The molecule has 3 aliphatic rings. The van der Waals surface area contributed by atoms with Crippen LogP contribution in [0.5, 0.6) is 0 Å². The number of aromatic nitrogens is 2. The summed E-state index contributed by atoms with van der Waals surface area (Å²) in [6, 6.07) is 7.58. The second-order valence-corrected chi connectivity index (χ2v) is 10.2.